The molecule has 0 bridgehead atoms. The van der Waals surface area contributed by atoms with E-state index >= 15 is 0 Å². The summed E-state index contributed by atoms with van der Waals surface area (Å²) in [7, 11) is -3.78. The Balaban J connectivity index is 1.76. The number of amides is 1. The Labute approximate surface area is 171 Å². The fourth-order valence-electron chi connectivity index (χ4n) is 2.33. The van der Waals surface area contributed by atoms with E-state index in [9.17, 15) is 17.6 Å². The second-order valence-electron chi connectivity index (χ2n) is 5.70. The van der Waals surface area contributed by atoms with Gasteiger partial charge < -0.3 is 5.32 Å². The van der Waals surface area contributed by atoms with Crippen LogP contribution < -0.4 is 10.0 Å². The number of para-hydroxylation sites is 1. The normalized spacial score (nSPS) is 11.1. The fraction of sp³-hybridized carbons (Fsp3) is 0. The van der Waals surface area contributed by atoms with Crippen molar-refractivity contribution in [3.8, 4) is 0 Å². The third kappa shape index (κ3) is 4.62. The van der Waals surface area contributed by atoms with E-state index < -0.39 is 21.7 Å². The Kier molecular flexibility index (Phi) is 5.88. The summed E-state index contributed by atoms with van der Waals surface area (Å²) in [6.45, 7) is 0. The van der Waals surface area contributed by atoms with Crippen LogP contribution >= 0.6 is 23.2 Å². The largest absolute Gasteiger partial charge is 0.322 e. The van der Waals surface area contributed by atoms with Gasteiger partial charge in [-0.3, -0.25) is 9.52 Å². The summed E-state index contributed by atoms with van der Waals surface area (Å²) in [6, 6.07) is 16.0. The lowest BCUT2D eigenvalue weighted by Gasteiger charge is -2.10. The smallest absolute Gasteiger partial charge is 0.261 e. The van der Waals surface area contributed by atoms with E-state index in [1.807, 2.05) is 0 Å². The lowest BCUT2D eigenvalue weighted by atomic mass is 10.2. The van der Waals surface area contributed by atoms with Gasteiger partial charge in [-0.2, -0.15) is 0 Å². The summed E-state index contributed by atoms with van der Waals surface area (Å²) in [4.78, 5) is 12.3. The summed E-state index contributed by atoms with van der Waals surface area (Å²) in [5.41, 5.74) is 0.653. The molecule has 144 valence electrons. The van der Waals surface area contributed by atoms with Crippen LogP contribution in [0.1, 0.15) is 10.4 Å². The summed E-state index contributed by atoms with van der Waals surface area (Å²) < 4.78 is 40.8. The summed E-state index contributed by atoms with van der Waals surface area (Å²) in [5.74, 6) is -1.43. The van der Waals surface area contributed by atoms with Gasteiger partial charge in [-0.15, -0.1) is 0 Å². The molecule has 3 rings (SSSR count). The Hall–Kier alpha value is -2.61. The Bertz CT molecular complexity index is 1120. The SMILES string of the molecule is O=C(Nc1ccc(S(=O)(=O)Nc2ccccc2)cc1)c1cc(F)c(Cl)cc1Cl. The van der Waals surface area contributed by atoms with Gasteiger partial charge in [-0.1, -0.05) is 41.4 Å². The first kappa shape index (κ1) is 20.1. The van der Waals surface area contributed by atoms with Crippen LogP contribution in [0.25, 0.3) is 0 Å². The number of rotatable bonds is 5. The van der Waals surface area contributed by atoms with Gasteiger partial charge >= 0.3 is 0 Å². The molecule has 0 saturated heterocycles. The first-order chi connectivity index (χ1) is 13.3. The maximum Gasteiger partial charge on any atom is 0.261 e. The maximum absolute atomic E-state index is 13.6. The molecular formula is C19H13Cl2FN2O3S. The van der Waals surface area contributed by atoms with E-state index in [1.165, 1.54) is 24.3 Å². The molecule has 0 heterocycles. The van der Waals surface area contributed by atoms with Crippen LogP contribution in [0.4, 0.5) is 15.8 Å². The van der Waals surface area contributed by atoms with Gasteiger partial charge in [-0.25, -0.2) is 12.8 Å². The van der Waals surface area contributed by atoms with Gasteiger partial charge in [0.1, 0.15) is 5.82 Å². The van der Waals surface area contributed by atoms with Crippen molar-refractivity contribution in [3.63, 3.8) is 0 Å². The minimum Gasteiger partial charge on any atom is -0.322 e. The average molecular weight is 439 g/mol. The number of carbonyl (C=O) groups is 1. The number of hydrogen-bond donors (Lipinski definition) is 2. The molecule has 0 aliphatic carbocycles. The number of halogens is 3. The zero-order valence-electron chi connectivity index (χ0n) is 14.1. The fourth-order valence-corrected chi connectivity index (χ4v) is 3.86. The number of anilines is 2. The molecule has 3 aromatic carbocycles. The van der Waals surface area contributed by atoms with Crippen molar-refractivity contribution in [1.29, 1.82) is 0 Å². The third-order valence-electron chi connectivity index (χ3n) is 3.70. The summed E-state index contributed by atoms with van der Waals surface area (Å²) in [5, 5.41) is 2.33. The molecule has 1 amide bonds. The van der Waals surface area contributed by atoms with Crippen LogP contribution in [0, 0.1) is 5.82 Å². The molecule has 9 heteroatoms. The van der Waals surface area contributed by atoms with Crippen molar-refractivity contribution in [2.75, 3.05) is 10.0 Å². The Morgan fingerprint density at radius 1 is 0.857 bits per heavy atom. The molecular weight excluding hydrogens is 426 g/mol. The molecule has 0 saturated carbocycles. The zero-order valence-corrected chi connectivity index (χ0v) is 16.4. The van der Waals surface area contributed by atoms with Crippen LogP contribution in [0.5, 0.6) is 0 Å². The van der Waals surface area contributed by atoms with E-state index in [-0.39, 0.29) is 20.5 Å². The van der Waals surface area contributed by atoms with Crippen molar-refractivity contribution < 1.29 is 17.6 Å². The minimum atomic E-state index is -3.78. The van der Waals surface area contributed by atoms with Crippen LogP contribution in [-0.2, 0) is 10.0 Å². The number of carbonyl (C=O) groups excluding carboxylic acids is 1. The molecule has 3 aromatic rings. The highest BCUT2D eigenvalue weighted by molar-refractivity contribution is 7.92. The Morgan fingerprint density at radius 2 is 1.50 bits per heavy atom. The first-order valence-electron chi connectivity index (χ1n) is 7.90. The summed E-state index contributed by atoms with van der Waals surface area (Å²) in [6.07, 6.45) is 0. The van der Waals surface area contributed by atoms with Crippen molar-refractivity contribution in [2.45, 2.75) is 4.90 Å². The van der Waals surface area contributed by atoms with E-state index in [0.717, 1.165) is 12.1 Å². The predicted octanol–water partition coefficient (Wildman–Crippen LogP) is 5.19. The van der Waals surface area contributed by atoms with E-state index in [4.69, 9.17) is 23.2 Å². The zero-order chi connectivity index (χ0) is 20.3. The molecule has 0 aromatic heterocycles. The quantitative estimate of drug-likeness (QED) is 0.538. The minimum absolute atomic E-state index is 0.00448. The molecule has 0 unspecified atom stereocenters. The first-order valence-corrected chi connectivity index (χ1v) is 10.1. The second kappa shape index (κ2) is 8.18. The standard InChI is InChI=1S/C19H13Cl2FN2O3S/c20-16-11-17(21)18(22)10-15(16)19(25)23-12-6-8-14(9-7-12)28(26,27)24-13-4-2-1-3-5-13/h1-11,24H,(H,23,25). The molecule has 0 aliphatic heterocycles. The van der Waals surface area contributed by atoms with Gasteiger partial charge in [-0.05, 0) is 48.5 Å². The highest BCUT2D eigenvalue weighted by Gasteiger charge is 2.16. The van der Waals surface area contributed by atoms with Gasteiger partial charge in [0.25, 0.3) is 15.9 Å². The van der Waals surface area contributed by atoms with Crippen LogP contribution in [0.2, 0.25) is 10.0 Å². The molecule has 0 radical (unpaired) electrons. The lowest BCUT2D eigenvalue weighted by molar-refractivity contribution is 0.102. The van der Waals surface area contributed by atoms with Crippen molar-refractivity contribution in [2.24, 2.45) is 0 Å². The highest BCUT2D eigenvalue weighted by Crippen LogP contribution is 2.25. The van der Waals surface area contributed by atoms with Crippen LogP contribution in [0.15, 0.2) is 71.6 Å². The van der Waals surface area contributed by atoms with Gasteiger partial charge in [0.05, 0.1) is 20.5 Å². The van der Waals surface area contributed by atoms with E-state index in [0.29, 0.717) is 11.4 Å². The number of hydrogen-bond acceptors (Lipinski definition) is 3. The van der Waals surface area contributed by atoms with Gasteiger partial charge in [0, 0.05) is 11.4 Å². The van der Waals surface area contributed by atoms with Crippen molar-refractivity contribution >= 4 is 50.5 Å². The number of nitrogens with one attached hydrogen (secondary N) is 2. The van der Waals surface area contributed by atoms with Crippen LogP contribution in [0.3, 0.4) is 0 Å². The molecule has 28 heavy (non-hydrogen) atoms. The number of benzene rings is 3. The second-order valence-corrected chi connectivity index (χ2v) is 8.19. The van der Waals surface area contributed by atoms with Crippen LogP contribution in [-0.4, -0.2) is 14.3 Å². The Morgan fingerprint density at radius 3 is 2.14 bits per heavy atom. The lowest BCUT2D eigenvalue weighted by Crippen LogP contribution is -2.14. The molecule has 0 spiro atoms. The predicted molar refractivity (Wildman–Crippen MR) is 108 cm³/mol. The highest BCUT2D eigenvalue weighted by atomic mass is 35.5. The molecule has 2 N–H and O–H groups in total. The monoisotopic (exact) mass is 438 g/mol. The van der Waals surface area contributed by atoms with Gasteiger partial charge in [0.15, 0.2) is 0 Å². The van der Waals surface area contributed by atoms with E-state index in [2.05, 4.69) is 10.0 Å². The molecule has 0 aliphatic rings. The topological polar surface area (TPSA) is 75.3 Å². The van der Waals surface area contributed by atoms with E-state index in [1.54, 1.807) is 30.3 Å². The van der Waals surface area contributed by atoms with Crippen molar-refractivity contribution in [3.05, 3.63) is 88.2 Å². The molecule has 0 fully saturated rings. The average Bonchev–Trinajstić information content (AvgIpc) is 2.65. The van der Waals surface area contributed by atoms with Gasteiger partial charge in [0.2, 0.25) is 0 Å². The number of sulfonamides is 1. The molecule has 0 atom stereocenters. The third-order valence-corrected chi connectivity index (χ3v) is 5.70. The maximum atomic E-state index is 13.6. The molecule has 5 nitrogen and oxygen atoms in total. The summed E-state index contributed by atoms with van der Waals surface area (Å²) >= 11 is 11.5. The van der Waals surface area contributed by atoms with Crippen molar-refractivity contribution in [1.82, 2.24) is 0 Å².